The standard InChI is InChI=1S/C12H8F3N3O/c13-12(14,15)10-5-8(4-9(18-10)11(16)19)7-2-1-3-17-6-7/h1-6H,(H2,16,19). The molecule has 2 heterocycles. The van der Waals surface area contributed by atoms with Gasteiger partial charge in [-0.25, -0.2) is 4.98 Å². The molecule has 0 aromatic carbocycles. The fraction of sp³-hybridized carbons (Fsp3) is 0.0833. The molecule has 0 atom stereocenters. The third-order valence-electron chi connectivity index (χ3n) is 2.36. The Morgan fingerprint density at radius 3 is 2.47 bits per heavy atom. The maximum absolute atomic E-state index is 12.7. The highest BCUT2D eigenvalue weighted by Crippen LogP contribution is 2.31. The molecular formula is C12H8F3N3O. The maximum atomic E-state index is 12.7. The van der Waals surface area contributed by atoms with E-state index in [0.29, 0.717) is 5.56 Å². The summed E-state index contributed by atoms with van der Waals surface area (Å²) in [5.41, 5.74) is 4.01. The number of carbonyl (C=O) groups is 1. The van der Waals surface area contributed by atoms with Gasteiger partial charge in [-0.2, -0.15) is 13.2 Å². The molecule has 0 spiro atoms. The smallest absolute Gasteiger partial charge is 0.364 e. The molecule has 98 valence electrons. The third kappa shape index (κ3) is 2.87. The van der Waals surface area contributed by atoms with Gasteiger partial charge < -0.3 is 5.73 Å². The first-order valence-electron chi connectivity index (χ1n) is 5.17. The van der Waals surface area contributed by atoms with Gasteiger partial charge in [-0.15, -0.1) is 0 Å². The summed E-state index contributed by atoms with van der Waals surface area (Å²) in [6, 6.07) is 5.21. The summed E-state index contributed by atoms with van der Waals surface area (Å²) in [7, 11) is 0. The van der Waals surface area contributed by atoms with Gasteiger partial charge in [-0.05, 0) is 23.8 Å². The summed E-state index contributed by atoms with van der Waals surface area (Å²) in [5, 5.41) is 0. The molecule has 0 aliphatic rings. The van der Waals surface area contributed by atoms with Crippen molar-refractivity contribution in [2.45, 2.75) is 6.18 Å². The zero-order chi connectivity index (χ0) is 14.0. The Morgan fingerprint density at radius 2 is 1.95 bits per heavy atom. The Morgan fingerprint density at radius 1 is 1.21 bits per heavy atom. The van der Waals surface area contributed by atoms with Crippen molar-refractivity contribution in [2.75, 3.05) is 0 Å². The normalized spacial score (nSPS) is 11.3. The quantitative estimate of drug-likeness (QED) is 0.907. The van der Waals surface area contributed by atoms with E-state index in [1.165, 1.54) is 18.5 Å². The topological polar surface area (TPSA) is 68.9 Å². The van der Waals surface area contributed by atoms with Crippen molar-refractivity contribution in [1.29, 1.82) is 0 Å². The molecule has 4 nitrogen and oxygen atoms in total. The summed E-state index contributed by atoms with van der Waals surface area (Å²) in [6.45, 7) is 0. The number of nitrogens with zero attached hydrogens (tertiary/aromatic N) is 2. The summed E-state index contributed by atoms with van der Waals surface area (Å²) in [6.07, 6.45) is -1.77. The number of rotatable bonds is 2. The summed E-state index contributed by atoms with van der Waals surface area (Å²) >= 11 is 0. The highest BCUT2D eigenvalue weighted by molar-refractivity contribution is 5.92. The molecule has 0 aliphatic heterocycles. The zero-order valence-electron chi connectivity index (χ0n) is 9.48. The van der Waals surface area contributed by atoms with Crippen LogP contribution in [0.25, 0.3) is 11.1 Å². The van der Waals surface area contributed by atoms with Gasteiger partial charge in [0.2, 0.25) is 0 Å². The highest BCUT2D eigenvalue weighted by Gasteiger charge is 2.33. The number of alkyl halides is 3. The van der Waals surface area contributed by atoms with Crippen molar-refractivity contribution in [1.82, 2.24) is 9.97 Å². The molecule has 1 amide bonds. The van der Waals surface area contributed by atoms with Crippen molar-refractivity contribution in [3.05, 3.63) is 48.0 Å². The first-order valence-corrected chi connectivity index (χ1v) is 5.17. The molecule has 2 N–H and O–H groups in total. The Hall–Kier alpha value is -2.44. The Labute approximate surface area is 106 Å². The van der Waals surface area contributed by atoms with Crippen molar-refractivity contribution >= 4 is 5.91 Å². The lowest BCUT2D eigenvalue weighted by Crippen LogP contribution is -2.17. The van der Waals surface area contributed by atoms with Gasteiger partial charge in [-0.3, -0.25) is 9.78 Å². The summed E-state index contributed by atoms with van der Waals surface area (Å²) in [5.74, 6) is -1.02. The molecule has 0 radical (unpaired) electrons. The third-order valence-corrected chi connectivity index (χ3v) is 2.36. The molecule has 7 heteroatoms. The van der Waals surface area contributed by atoms with Crippen LogP contribution < -0.4 is 5.73 Å². The second-order valence-corrected chi connectivity index (χ2v) is 3.73. The van der Waals surface area contributed by atoms with E-state index in [4.69, 9.17) is 5.73 Å². The second kappa shape index (κ2) is 4.68. The average Bonchev–Trinajstić information content (AvgIpc) is 2.38. The number of hydrogen-bond donors (Lipinski definition) is 1. The largest absolute Gasteiger partial charge is 0.433 e. The molecule has 0 fully saturated rings. The molecule has 2 aromatic heterocycles. The first-order chi connectivity index (χ1) is 8.88. The lowest BCUT2D eigenvalue weighted by atomic mass is 10.1. The van der Waals surface area contributed by atoms with Crippen LogP contribution in [0, 0.1) is 0 Å². The van der Waals surface area contributed by atoms with E-state index in [1.54, 1.807) is 12.1 Å². The predicted octanol–water partition coefficient (Wildman–Crippen LogP) is 2.26. The Bertz CT molecular complexity index is 611. The molecule has 0 aliphatic carbocycles. The van der Waals surface area contributed by atoms with Crippen LogP contribution in [0.5, 0.6) is 0 Å². The average molecular weight is 267 g/mol. The van der Waals surface area contributed by atoms with Crippen LogP contribution in [0.4, 0.5) is 13.2 Å². The van der Waals surface area contributed by atoms with Gasteiger partial charge in [0.1, 0.15) is 11.4 Å². The number of nitrogens with two attached hydrogens (primary N) is 1. The van der Waals surface area contributed by atoms with E-state index in [-0.39, 0.29) is 5.56 Å². The van der Waals surface area contributed by atoms with E-state index in [0.717, 1.165) is 6.07 Å². The minimum absolute atomic E-state index is 0.184. The van der Waals surface area contributed by atoms with E-state index >= 15 is 0 Å². The highest BCUT2D eigenvalue weighted by atomic mass is 19.4. The number of carbonyl (C=O) groups excluding carboxylic acids is 1. The molecular weight excluding hydrogens is 259 g/mol. The minimum atomic E-state index is -4.65. The van der Waals surface area contributed by atoms with Gasteiger partial charge in [0.25, 0.3) is 5.91 Å². The molecule has 2 aromatic rings. The van der Waals surface area contributed by atoms with Gasteiger partial charge in [0.15, 0.2) is 0 Å². The lowest BCUT2D eigenvalue weighted by Gasteiger charge is -2.09. The van der Waals surface area contributed by atoms with Crippen LogP contribution >= 0.6 is 0 Å². The first kappa shape index (κ1) is 13.0. The Balaban J connectivity index is 2.62. The van der Waals surface area contributed by atoms with Crippen molar-refractivity contribution in [3.8, 4) is 11.1 Å². The van der Waals surface area contributed by atoms with Crippen molar-refractivity contribution < 1.29 is 18.0 Å². The SMILES string of the molecule is NC(=O)c1cc(-c2cccnc2)cc(C(F)(F)F)n1. The van der Waals surface area contributed by atoms with E-state index in [2.05, 4.69) is 9.97 Å². The van der Waals surface area contributed by atoms with E-state index < -0.39 is 23.5 Å². The second-order valence-electron chi connectivity index (χ2n) is 3.73. The molecule has 0 unspecified atom stereocenters. The van der Waals surface area contributed by atoms with Crippen LogP contribution in [0.15, 0.2) is 36.7 Å². The molecule has 0 saturated heterocycles. The van der Waals surface area contributed by atoms with Gasteiger partial charge >= 0.3 is 6.18 Å². The number of pyridine rings is 2. The van der Waals surface area contributed by atoms with Crippen LogP contribution in [-0.4, -0.2) is 15.9 Å². The van der Waals surface area contributed by atoms with Gasteiger partial charge in [0.05, 0.1) is 0 Å². The maximum Gasteiger partial charge on any atom is 0.433 e. The van der Waals surface area contributed by atoms with E-state index in [1.807, 2.05) is 0 Å². The predicted molar refractivity (Wildman–Crippen MR) is 61.0 cm³/mol. The number of halogens is 3. The molecule has 0 bridgehead atoms. The fourth-order valence-corrected chi connectivity index (χ4v) is 1.50. The van der Waals surface area contributed by atoms with Gasteiger partial charge in [-0.1, -0.05) is 6.07 Å². The number of aromatic nitrogens is 2. The lowest BCUT2D eigenvalue weighted by molar-refractivity contribution is -0.141. The van der Waals surface area contributed by atoms with Crippen molar-refractivity contribution in [3.63, 3.8) is 0 Å². The Kier molecular flexibility index (Phi) is 3.20. The van der Waals surface area contributed by atoms with Crippen LogP contribution in [0.1, 0.15) is 16.2 Å². The fourth-order valence-electron chi connectivity index (χ4n) is 1.50. The van der Waals surface area contributed by atoms with Crippen LogP contribution in [0.2, 0.25) is 0 Å². The molecule has 2 rings (SSSR count). The zero-order valence-corrected chi connectivity index (χ0v) is 9.48. The molecule has 0 saturated carbocycles. The van der Waals surface area contributed by atoms with Crippen LogP contribution in [-0.2, 0) is 6.18 Å². The van der Waals surface area contributed by atoms with E-state index in [9.17, 15) is 18.0 Å². The summed E-state index contributed by atoms with van der Waals surface area (Å²) in [4.78, 5) is 18.1. The number of hydrogen-bond acceptors (Lipinski definition) is 3. The van der Waals surface area contributed by atoms with Crippen LogP contribution in [0.3, 0.4) is 0 Å². The minimum Gasteiger partial charge on any atom is -0.364 e. The monoisotopic (exact) mass is 267 g/mol. The molecule has 19 heavy (non-hydrogen) atoms. The van der Waals surface area contributed by atoms with Crippen molar-refractivity contribution in [2.24, 2.45) is 5.73 Å². The number of primary amides is 1. The summed E-state index contributed by atoms with van der Waals surface area (Å²) < 4.78 is 38.1. The van der Waals surface area contributed by atoms with Gasteiger partial charge in [0, 0.05) is 18.0 Å². The number of amides is 1.